The molecule has 0 heterocycles. The summed E-state index contributed by atoms with van der Waals surface area (Å²) in [5.41, 5.74) is 1.90. The Morgan fingerprint density at radius 1 is 0.925 bits per heavy atom. The van der Waals surface area contributed by atoms with Gasteiger partial charge in [0.25, 0.3) is 11.8 Å². The number of benzene rings is 3. The highest BCUT2D eigenvalue weighted by Crippen LogP contribution is 2.14. The van der Waals surface area contributed by atoms with E-state index in [1.165, 1.54) is 18.2 Å². The van der Waals surface area contributed by atoms with Crippen LogP contribution < -0.4 is 10.6 Å². The predicted molar refractivity (Wildman–Crippen MR) is 150 cm³/mol. The van der Waals surface area contributed by atoms with Crippen molar-refractivity contribution in [1.29, 1.82) is 0 Å². The van der Waals surface area contributed by atoms with Gasteiger partial charge in [0.15, 0.2) is 0 Å². The third-order valence-electron chi connectivity index (χ3n) is 6.40. The molecule has 3 N–H and O–H groups in total. The SMILES string of the molecule is CCCN(CCOC)C(=O)c1cccc(C(=O)N[C@@H](Cc2cc(F)cc(F)c2)[C@H](O)CNCc2ccccc2)c1. The summed E-state index contributed by atoms with van der Waals surface area (Å²) in [4.78, 5) is 28.1. The van der Waals surface area contributed by atoms with Crippen molar-refractivity contribution in [1.82, 2.24) is 15.5 Å². The van der Waals surface area contributed by atoms with E-state index in [9.17, 15) is 23.5 Å². The van der Waals surface area contributed by atoms with Gasteiger partial charge in [-0.15, -0.1) is 0 Å². The smallest absolute Gasteiger partial charge is 0.253 e. The molecule has 0 fully saturated rings. The molecular formula is C31H37F2N3O4. The lowest BCUT2D eigenvalue weighted by atomic mass is 9.99. The first-order chi connectivity index (χ1) is 19.3. The third-order valence-corrected chi connectivity index (χ3v) is 6.40. The van der Waals surface area contributed by atoms with Crippen LogP contribution in [0.15, 0.2) is 72.8 Å². The molecule has 3 rings (SSSR count). The Morgan fingerprint density at radius 2 is 1.62 bits per heavy atom. The molecule has 0 saturated heterocycles. The topological polar surface area (TPSA) is 90.9 Å². The van der Waals surface area contributed by atoms with E-state index in [2.05, 4.69) is 10.6 Å². The van der Waals surface area contributed by atoms with Gasteiger partial charge in [0.1, 0.15) is 11.6 Å². The number of hydrogen-bond acceptors (Lipinski definition) is 5. The highest BCUT2D eigenvalue weighted by atomic mass is 19.1. The minimum Gasteiger partial charge on any atom is -0.390 e. The van der Waals surface area contributed by atoms with Crippen molar-refractivity contribution in [3.63, 3.8) is 0 Å². The molecular weight excluding hydrogens is 516 g/mol. The summed E-state index contributed by atoms with van der Waals surface area (Å²) in [5, 5.41) is 17.0. The molecule has 3 aromatic rings. The lowest BCUT2D eigenvalue weighted by molar-refractivity contribution is 0.0695. The molecule has 0 aromatic heterocycles. The van der Waals surface area contributed by atoms with Gasteiger partial charge in [-0.3, -0.25) is 9.59 Å². The monoisotopic (exact) mass is 553 g/mol. The molecule has 40 heavy (non-hydrogen) atoms. The second-order valence-electron chi connectivity index (χ2n) is 9.61. The molecule has 0 unspecified atom stereocenters. The zero-order valence-electron chi connectivity index (χ0n) is 22.9. The van der Waals surface area contributed by atoms with E-state index < -0.39 is 29.7 Å². The van der Waals surface area contributed by atoms with Crippen molar-refractivity contribution >= 4 is 11.8 Å². The molecule has 0 bridgehead atoms. The number of hydrogen-bond donors (Lipinski definition) is 3. The molecule has 0 radical (unpaired) electrons. The number of rotatable bonds is 15. The summed E-state index contributed by atoms with van der Waals surface area (Å²) in [7, 11) is 1.57. The summed E-state index contributed by atoms with van der Waals surface area (Å²) in [6.45, 7) is 3.96. The van der Waals surface area contributed by atoms with E-state index in [1.807, 2.05) is 37.3 Å². The van der Waals surface area contributed by atoms with Crippen LogP contribution in [0.25, 0.3) is 0 Å². The minimum atomic E-state index is -1.07. The van der Waals surface area contributed by atoms with Gasteiger partial charge >= 0.3 is 0 Å². The molecule has 3 aromatic carbocycles. The largest absolute Gasteiger partial charge is 0.390 e. The van der Waals surface area contributed by atoms with Crippen molar-refractivity contribution in [2.75, 3.05) is 33.4 Å². The molecule has 9 heteroatoms. The van der Waals surface area contributed by atoms with Gasteiger partial charge in [-0.1, -0.05) is 43.3 Å². The normalized spacial score (nSPS) is 12.5. The van der Waals surface area contributed by atoms with Gasteiger partial charge in [-0.2, -0.15) is 0 Å². The van der Waals surface area contributed by atoms with Crippen molar-refractivity contribution in [2.45, 2.75) is 38.5 Å². The number of aliphatic hydroxyl groups excluding tert-OH is 1. The quantitative estimate of drug-likeness (QED) is 0.265. The molecule has 7 nitrogen and oxygen atoms in total. The zero-order chi connectivity index (χ0) is 28.9. The summed E-state index contributed by atoms with van der Waals surface area (Å²) >= 11 is 0. The Balaban J connectivity index is 1.76. The van der Waals surface area contributed by atoms with E-state index in [0.717, 1.165) is 18.1 Å². The number of halogens is 2. The van der Waals surface area contributed by atoms with Gasteiger partial charge < -0.3 is 25.4 Å². The van der Waals surface area contributed by atoms with Crippen LogP contribution in [0.1, 0.15) is 45.2 Å². The average molecular weight is 554 g/mol. The van der Waals surface area contributed by atoms with Gasteiger partial charge in [-0.25, -0.2) is 8.78 Å². The number of ether oxygens (including phenoxy) is 1. The van der Waals surface area contributed by atoms with E-state index in [-0.39, 0.29) is 24.4 Å². The zero-order valence-corrected chi connectivity index (χ0v) is 22.9. The molecule has 2 amide bonds. The van der Waals surface area contributed by atoms with Gasteiger partial charge in [-0.05, 0) is 54.3 Å². The number of nitrogens with zero attached hydrogens (tertiary/aromatic N) is 1. The Bertz CT molecular complexity index is 1220. The predicted octanol–water partition coefficient (Wildman–Crippen LogP) is 3.96. The van der Waals surface area contributed by atoms with Crippen molar-refractivity contribution < 1.29 is 28.2 Å². The molecule has 0 aliphatic rings. The van der Waals surface area contributed by atoms with Crippen LogP contribution in [0, 0.1) is 11.6 Å². The molecule has 214 valence electrons. The molecule has 2 atom stereocenters. The summed E-state index contributed by atoms with van der Waals surface area (Å²) in [6, 6.07) is 18.2. The summed E-state index contributed by atoms with van der Waals surface area (Å²) < 4.78 is 32.9. The van der Waals surface area contributed by atoms with Crippen LogP contribution in [-0.2, 0) is 17.7 Å². The highest BCUT2D eigenvalue weighted by Gasteiger charge is 2.24. The first-order valence-electron chi connectivity index (χ1n) is 13.4. The Labute approximate surface area is 234 Å². The Hall–Kier alpha value is -3.66. The number of methoxy groups -OCH3 is 1. The van der Waals surface area contributed by atoms with Gasteiger partial charge in [0.2, 0.25) is 0 Å². The number of carbonyl (C=O) groups is 2. The van der Waals surface area contributed by atoms with Crippen LogP contribution in [-0.4, -0.2) is 67.3 Å². The molecule has 0 aliphatic heterocycles. The highest BCUT2D eigenvalue weighted by molar-refractivity contribution is 5.99. The van der Waals surface area contributed by atoms with Crippen LogP contribution in [0.5, 0.6) is 0 Å². The van der Waals surface area contributed by atoms with Gasteiger partial charge in [0.05, 0.1) is 18.8 Å². The standard InChI is InChI=1S/C31H37F2N3O4/c1-3-12-36(13-14-40-2)31(39)25-11-7-10-24(18-25)30(38)35-28(17-23-15-26(32)19-27(33)16-23)29(37)21-34-20-22-8-5-4-6-9-22/h4-11,15-16,18-19,28-29,34,37H,3,12-14,17,20-21H2,1-2H3,(H,35,38)/t28-,29+/m0/s1. The Morgan fingerprint density at radius 3 is 2.30 bits per heavy atom. The number of carbonyl (C=O) groups excluding carboxylic acids is 2. The van der Waals surface area contributed by atoms with Gasteiger partial charge in [0, 0.05) is 50.5 Å². The number of nitrogens with one attached hydrogen (secondary N) is 2. The Kier molecular flexibility index (Phi) is 12.2. The second-order valence-corrected chi connectivity index (χ2v) is 9.61. The van der Waals surface area contributed by atoms with Crippen molar-refractivity contribution in [3.8, 4) is 0 Å². The lowest BCUT2D eigenvalue weighted by Gasteiger charge is -2.25. The van der Waals surface area contributed by atoms with Crippen LogP contribution in [0.2, 0.25) is 0 Å². The van der Waals surface area contributed by atoms with E-state index in [1.54, 1.807) is 30.2 Å². The fraction of sp³-hybridized carbons (Fsp3) is 0.355. The maximum Gasteiger partial charge on any atom is 0.253 e. The number of aliphatic hydroxyl groups is 1. The maximum atomic E-state index is 13.9. The maximum absolute atomic E-state index is 13.9. The van der Waals surface area contributed by atoms with Crippen LogP contribution >= 0.6 is 0 Å². The summed E-state index contributed by atoms with van der Waals surface area (Å²) in [5.74, 6) is -2.22. The minimum absolute atomic E-state index is 0.00544. The number of amides is 2. The van der Waals surface area contributed by atoms with Crippen molar-refractivity contribution in [2.24, 2.45) is 0 Å². The van der Waals surface area contributed by atoms with Crippen LogP contribution in [0.4, 0.5) is 8.78 Å². The molecule has 0 saturated carbocycles. The molecule has 0 spiro atoms. The second kappa shape index (κ2) is 15.8. The van der Waals surface area contributed by atoms with E-state index in [0.29, 0.717) is 37.4 Å². The van der Waals surface area contributed by atoms with E-state index in [4.69, 9.17) is 4.74 Å². The first kappa shape index (κ1) is 30.9. The van der Waals surface area contributed by atoms with Crippen molar-refractivity contribution in [3.05, 3.63) is 107 Å². The fourth-order valence-corrected chi connectivity index (χ4v) is 4.38. The van der Waals surface area contributed by atoms with Crippen LogP contribution in [0.3, 0.4) is 0 Å². The fourth-order valence-electron chi connectivity index (χ4n) is 4.38. The summed E-state index contributed by atoms with van der Waals surface area (Å²) in [6.07, 6.45) is -0.305. The average Bonchev–Trinajstić information content (AvgIpc) is 2.94. The lowest BCUT2D eigenvalue weighted by Crippen LogP contribution is -2.48. The van der Waals surface area contributed by atoms with E-state index >= 15 is 0 Å². The third kappa shape index (κ3) is 9.51. The molecule has 0 aliphatic carbocycles. The first-order valence-corrected chi connectivity index (χ1v) is 13.4.